The zero-order valence-corrected chi connectivity index (χ0v) is 13.4. The number of nitrogens with zero attached hydrogens (tertiary/aromatic N) is 1. The highest BCUT2D eigenvalue weighted by Crippen LogP contribution is 2.19. The minimum absolute atomic E-state index is 0.0834. The lowest BCUT2D eigenvalue weighted by atomic mass is 10.1. The Hall–Kier alpha value is -3.03. The highest BCUT2D eigenvalue weighted by molar-refractivity contribution is 6.02. The maximum absolute atomic E-state index is 11.2. The van der Waals surface area contributed by atoms with Crippen molar-refractivity contribution in [2.75, 3.05) is 25.1 Å². The second-order valence-corrected chi connectivity index (χ2v) is 4.93. The lowest BCUT2D eigenvalue weighted by molar-refractivity contribution is -0.142. The topological polar surface area (TPSA) is 124 Å². The van der Waals surface area contributed by atoms with Gasteiger partial charge in [0, 0.05) is 19.3 Å². The third kappa shape index (κ3) is 5.01. The molecule has 0 amide bonds. The van der Waals surface area contributed by atoms with E-state index in [2.05, 4.69) is 0 Å². The number of aromatic carboxylic acids is 2. The Labute approximate surface area is 138 Å². The molecule has 0 aliphatic heterocycles. The molecule has 0 saturated heterocycles. The Morgan fingerprint density at radius 3 is 2.29 bits per heavy atom. The van der Waals surface area contributed by atoms with Gasteiger partial charge in [-0.05, 0) is 37.6 Å². The largest absolute Gasteiger partial charge is 0.502 e. The van der Waals surface area contributed by atoms with E-state index in [9.17, 15) is 14.4 Å². The predicted octanol–water partition coefficient (Wildman–Crippen LogP) is 1.91. The lowest BCUT2D eigenvalue weighted by Gasteiger charge is -2.20. The van der Waals surface area contributed by atoms with Gasteiger partial charge >= 0.3 is 17.9 Å². The van der Waals surface area contributed by atoms with Gasteiger partial charge in [0.15, 0.2) is 5.76 Å². The van der Waals surface area contributed by atoms with E-state index >= 15 is 0 Å². The van der Waals surface area contributed by atoms with Crippen molar-refractivity contribution in [3.63, 3.8) is 0 Å². The van der Waals surface area contributed by atoms with Crippen LogP contribution < -0.4 is 4.90 Å². The minimum atomic E-state index is -1.32. The zero-order valence-electron chi connectivity index (χ0n) is 13.4. The molecule has 0 unspecified atom stereocenters. The number of rotatable bonds is 8. The van der Waals surface area contributed by atoms with Gasteiger partial charge in [-0.25, -0.2) is 14.4 Å². The molecule has 1 rings (SSSR count). The third-order valence-electron chi connectivity index (χ3n) is 3.26. The maximum atomic E-state index is 11.2. The third-order valence-corrected chi connectivity index (χ3v) is 3.26. The molecule has 1 aromatic carbocycles. The van der Waals surface area contributed by atoms with Gasteiger partial charge in [-0.1, -0.05) is 0 Å². The highest BCUT2D eigenvalue weighted by Gasteiger charge is 2.17. The van der Waals surface area contributed by atoms with Gasteiger partial charge < -0.3 is 25.0 Å². The van der Waals surface area contributed by atoms with Gasteiger partial charge in [0.2, 0.25) is 0 Å². The molecule has 8 nitrogen and oxygen atoms in total. The van der Waals surface area contributed by atoms with Crippen LogP contribution in [0.1, 0.15) is 34.1 Å². The summed E-state index contributed by atoms with van der Waals surface area (Å²) >= 11 is 0. The molecular weight excluding hydrogens is 318 g/mol. The quantitative estimate of drug-likeness (QED) is 0.284. The van der Waals surface area contributed by atoms with Crippen LogP contribution in [0.25, 0.3) is 0 Å². The second kappa shape index (κ2) is 8.56. The standard InChI is InChI=1S/C16H19NO7/c1-3-13(18)16(23)24-8-4-7-17(2)10-5-6-11(14(19)20)12(9-10)15(21)22/h3,5-6,9,18H,4,7-8H2,1-2H3,(H,19,20)(H,21,22). The van der Waals surface area contributed by atoms with Crippen LogP contribution in [0.2, 0.25) is 0 Å². The van der Waals surface area contributed by atoms with Crippen molar-refractivity contribution in [1.29, 1.82) is 0 Å². The van der Waals surface area contributed by atoms with Crippen LogP contribution in [-0.4, -0.2) is 53.4 Å². The smallest absolute Gasteiger partial charge is 0.373 e. The number of ether oxygens (including phenoxy) is 1. The first-order chi connectivity index (χ1) is 11.3. The number of aliphatic hydroxyl groups excluding tert-OH is 1. The fourth-order valence-electron chi connectivity index (χ4n) is 1.92. The number of anilines is 1. The van der Waals surface area contributed by atoms with Crippen LogP contribution in [0.3, 0.4) is 0 Å². The van der Waals surface area contributed by atoms with Crippen LogP contribution in [0.15, 0.2) is 30.0 Å². The molecule has 0 saturated carbocycles. The Kier molecular flexibility index (Phi) is 6.79. The van der Waals surface area contributed by atoms with Crippen LogP contribution in [0.4, 0.5) is 5.69 Å². The summed E-state index contributed by atoms with van der Waals surface area (Å²) in [7, 11) is 1.70. The number of carboxylic acid groups (broad SMARTS) is 2. The van der Waals surface area contributed by atoms with E-state index in [0.29, 0.717) is 18.7 Å². The average molecular weight is 337 g/mol. The number of carboxylic acids is 2. The molecule has 1 aromatic rings. The molecule has 24 heavy (non-hydrogen) atoms. The molecular formula is C16H19NO7. The fourth-order valence-corrected chi connectivity index (χ4v) is 1.92. The molecule has 0 aromatic heterocycles. The number of carbonyl (C=O) groups is 3. The van der Waals surface area contributed by atoms with Gasteiger partial charge in [0.1, 0.15) is 0 Å². The van der Waals surface area contributed by atoms with E-state index in [1.807, 2.05) is 0 Å². The second-order valence-electron chi connectivity index (χ2n) is 4.93. The van der Waals surface area contributed by atoms with Crippen LogP contribution in [0.5, 0.6) is 0 Å². The summed E-state index contributed by atoms with van der Waals surface area (Å²) in [6.45, 7) is 2.03. The number of hydrogen-bond donors (Lipinski definition) is 3. The van der Waals surface area contributed by atoms with Crippen molar-refractivity contribution in [3.05, 3.63) is 41.2 Å². The predicted molar refractivity (Wildman–Crippen MR) is 85.6 cm³/mol. The summed E-state index contributed by atoms with van der Waals surface area (Å²) in [5, 5.41) is 27.2. The highest BCUT2D eigenvalue weighted by atomic mass is 16.5. The number of esters is 1. The molecule has 8 heteroatoms. The van der Waals surface area contributed by atoms with Crippen molar-refractivity contribution in [1.82, 2.24) is 0 Å². The zero-order chi connectivity index (χ0) is 18.3. The van der Waals surface area contributed by atoms with Crippen molar-refractivity contribution in [3.8, 4) is 0 Å². The molecule has 0 radical (unpaired) electrons. The number of allylic oxidation sites excluding steroid dienone is 1. The Balaban J connectivity index is 2.67. The first-order valence-corrected chi connectivity index (χ1v) is 7.12. The first-order valence-electron chi connectivity index (χ1n) is 7.12. The monoisotopic (exact) mass is 337 g/mol. The molecule has 130 valence electrons. The van der Waals surface area contributed by atoms with Gasteiger partial charge in [-0.15, -0.1) is 0 Å². The molecule has 0 aliphatic rings. The van der Waals surface area contributed by atoms with Gasteiger partial charge in [-0.3, -0.25) is 0 Å². The molecule has 0 fully saturated rings. The van der Waals surface area contributed by atoms with E-state index in [-0.39, 0.29) is 17.7 Å². The molecule has 0 aliphatic carbocycles. The van der Waals surface area contributed by atoms with Gasteiger partial charge in [0.05, 0.1) is 17.7 Å². The van der Waals surface area contributed by atoms with Gasteiger partial charge in [-0.2, -0.15) is 0 Å². The first kappa shape index (κ1) is 19.0. The van der Waals surface area contributed by atoms with E-state index in [4.69, 9.17) is 20.1 Å². The summed E-state index contributed by atoms with van der Waals surface area (Å²) in [4.78, 5) is 35.1. The van der Waals surface area contributed by atoms with Crippen molar-refractivity contribution in [2.24, 2.45) is 0 Å². The van der Waals surface area contributed by atoms with Crippen molar-refractivity contribution in [2.45, 2.75) is 13.3 Å². The average Bonchev–Trinajstić information content (AvgIpc) is 2.56. The minimum Gasteiger partial charge on any atom is -0.502 e. The number of benzene rings is 1. The van der Waals surface area contributed by atoms with E-state index in [1.165, 1.54) is 31.2 Å². The van der Waals surface area contributed by atoms with E-state index in [1.54, 1.807) is 11.9 Å². The maximum Gasteiger partial charge on any atom is 0.373 e. The summed E-state index contributed by atoms with van der Waals surface area (Å²) in [5.41, 5.74) is -0.0493. The van der Waals surface area contributed by atoms with Crippen molar-refractivity contribution >= 4 is 23.6 Å². The molecule has 3 N–H and O–H groups in total. The van der Waals surface area contributed by atoms with Crippen molar-refractivity contribution < 1.29 is 34.4 Å². The summed E-state index contributed by atoms with van der Waals surface area (Å²) in [6, 6.07) is 4.03. The van der Waals surface area contributed by atoms with Gasteiger partial charge in [0.25, 0.3) is 0 Å². The summed E-state index contributed by atoms with van der Waals surface area (Å²) in [6.07, 6.45) is 1.67. The molecule has 0 heterocycles. The Morgan fingerprint density at radius 2 is 1.75 bits per heavy atom. The molecule has 0 atom stereocenters. The lowest BCUT2D eigenvalue weighted by Crippen LogP contribution is -2.21. The van der Waals surface area contributed by atoms with E-state index < -0.39 is 23.7 Å². The Morgan fingerprint density at radius 1 is 1.12 bits per heavy atom. The fraction of sp³-hybridized carbons (Fsp3) is 0.312. The summed E-state index contributed by atoms with van der Waals surface area (Å²) < 4.78 is 4.84. The number of aliphatic hydroxyl groups is 1. The number of hydrogen-bond acceptors (Lipinski definition) is 6. The van der Waals surface area contributed by atoms with Crippen LogP contribution >= 0.6 is 0 Å². The number of carbonyl (C=O) groups excluding carboxylic acids is 1. The normalized spacial score (nSPS) is 11.0. The van der Waals surface area contributed by atoms with E-state index in [0.717, 1.165) is 0 Å². The van der Waals surface area contributed by atoms with Crippen LogP contribution in [0, 0.1) is 0 Å². The SMILES string of the molecule is CC=C(O)C(=O)OCCCN(C)c1ccc(C(=O)O)c(C(=O)O)c1. The summed E-state index contributed by atoms with van der Waals surface area (Å²) in [5.74, 6) is -3.89. The molecule has 0 bridgehead atoms. The Bertz CT molecular complexity index is 666. The van der Waals surface area contributed by atoms with Crippen LogP contribution in [-0.2, 0) is 9.53 Å². The molecule has 0 spiro atoms.